The second kappa shape index (κ2) is 14.7. The fraction of sp³-hybridized carbons (Fsp3) is 0.727. The summed E-state index contributed by atoms with van der Waals surface area (Å²) in [5.41, 5.74) is 0. The quantitative estimate of drug-likeness (QED) is 0.377. The molecular weight excluding hydrogens is 180 g/mol. The summed E-state index contributed by atoms with van der Waals surface area (Å²) in [6.45, 7) is 11.2. The van der Waals surface area contributed by atoms with Crippen molar-refractivity contribution in [3.05, 3.63) is 12.7 Å². The molecule has 3 heteroatoms. The van der Waals surface area contributed by atoms with Crippen LogP contribution in [0.25, 0.3) is 0 Å². The molecular formula is C11H22O3. The van der Waals surface area contributed by atoms with E-state index in [0.29, 0.717) is 19.6 Å². The number of esters is 1. The van der Waals surface area contributed by atoms with Crippen LogP contribution in [0.5, 0.6) is 0 Å². The highest BCUT2D eigenvalue weighted by atomic mass is 16.5. The molecule has 14 heavy (non-hydrogen) atoms. The van der Waals surface area contributed by atoms with Gasteiger partial charge in [0.05, 0.1) is 13.2 Å². The van der Waals surface area contributed by atoms with E-state index in [0.717, 1.165) is 13.0 Å². The molecule has 0 aromatic carbocycles. The topological polar surface area (TPSA) is 35.5 Å². The lowest BCUT2D eigenvalue weighted by atomic mass is 10.5. The molecule has 0 unspecified atom stereocenters. The van der Waals surface area contributed by atoms with E-state index in [2.05, 4.69) is 6.58 Å². The van der Waals surface area contributed by atoms with Gasteiger partial charge >= 0.3 is 5.97 Å². The monoisotopic (exact) mass is 202 g/mol. The Hall–Kier alpha value is -0.830. The van der Waals surface area contributed by atoms with E-state index in [1.54, 1.807) is 13.0 Å². The molecule has 0 radical (unpaired) electrons. The molecule has 0 aromatic heterocycles. The Morgan fingerprint density at radius 2 is 2.00 bits per heavy atom. The second-order valence-corrected chi connectivity index (χ2v) is 2.52. The first-order chi connectivity index (χ1) is 6.72. The van der Waals surface area contributed by atoms with E-state index in [1.165, 1.54) is 0 Å². The maximum absolute atomic E-state index is 10.3. The summed E-state index contributed by atoms with van der Waals surface area (Å²) < 4.78 is 9.57. The van der Waals surface area contributed by atoms with E-state index in [9.17, 15) is 4.79 Å². The third kappa shape index (κ3) is 17.3. The summed E-state index contributed by atoms with van der Waals surface area (Å²) in [5, 5.41) is 0. The number of ether oxygens (including phenoxy) is 2. The van der Waals surface area contributed by atoms with Crippen molar-refractivity contribution in [3.8, 4) is 0 Å². The van der Waals surface area contributed by atoms with Crippen molar-refractivity contribution in [2.24, 2.45) is 0 Å². The van der Waals surface area contributed by atoms with Gasteiger partial charge in [0.2, 0.25) is 0 Å². The van der Waals surface area contributed by atoms with E-state index in [4.69, 9.17) is 9.47 Å². The van der Waals surface area contributed by atoms with E-state index in [-0.39, 0.29) is 5.97 Å². The summed E-state index contributed by atoms with van der Waals surface area (Å²) in [6, 6.07) is 0. The minimum atomic E-state index is -0.105. The fourth-order valence-electron chi connectivity index (χ4n) is 0.519. The lowest BCUT2D eigenvalue weighted by Gasteiger charge is -1.97. The molecule has 0 aliphatic carbocycles. The number of hydrogen-bond acceptors (Lipinski definition) is 3. The van der Waals surface area contributed by atoms with Crippen LogP contribution in [0.2, 0.25) is 0 Å². The van der Waals surface area contributed by atoms with Gasteiger partial charge in [0.15, 0.2) is 0 Å². The van der Waals surface area contributed by atoms with Crippen LogP contribution in [-0.2, 0) is 14.3 Å². The zero-order valence-corrected chi connectivity index (χ0v) is 9.54. The van der Waals surface area contributed by atoms with Gasteiger partial charge in [-0.3, -0.25) is 4.79 Å². The van der Waals surface area contributed by atoms with Gasteiger partial charge < -0.3 is 9.47 Å². The Balaban J connectivity index is 0. The van der Waals surface area contributed by atoms with Crippen molar-refractivity contribution in [1.82, 2.24) is 0 Å². The molecule has 0 heterocycles. The van der Waals surface area contributed by atoms with Crippen molar-refractivity contribution in [2.45, 2.75) is 33.6 Å². The molecule has 0 atom stereocenters. The van der Waals surface area contributed by atoms with Crippen LogP contribution in [-0.4, -0.2) is 25.8 Å². The first kappa shape index (κ1) is 15.6. The maximum Gasteiger partial charge on any atom is 0.305 e. The van der Waals surface area contributed by atoms with Gasteiger partial charge in [-0.15, -0.1) is 6.58 Å². The smallest absolute Gasteiger partial charge is 0.305 e. The van der Waals surface area contributed by atoms with Gasteiger partial charge in [0.25, 0.3) is 0 Å². The molecule has 0 spiro atoms. The lowest BCUT2D eigenvalue weighted by Crippen LogP contribution is -2.02. The van der Waals surface area contributed by atoms with Gasteiger partial charge in [-0.1, -0.05) is 19.9 Å². The molecule has 0 aliphatic rings. The summed E-state index contributed by atoms with van der Waals surface area (Å²) in [4.78, 5) is 10.3. The summed E-state index contributed by atoms with van der Waals surface area (Å²) in [7, 11) is 0. The first-order valence-corrected chi connectivity index (χ1v) is 5.07. The van der Waals surface area contributed by atoms with Gasteiger partial charge in [0, 0.05) is 13.0 Å². The third-order valence-corrected chi connectivity index (χ3v) is 1.20. The van der Waals surface area contributed by atoms with Crippen molar-refractivity contribution >= 4 is 5.97 Å². The van der Waals surface area contributed by atoms with Gasteiger partial charge in [-0.05, 0) is 13.3 Å². The molecule has 0 aromatic rings. The SMILES string of the molecule is C=CCOCC.CCCOC(=O)CC. The Morgan fingerprint density at radius 3 is 2.29 bits per heavy atom. The van der Waals surface area contributed by atoms with Crippen LogP contribution in [0.4, 0.5) is 0 Å². The van der Waals surface area contributed by atoms with Gasteiger partial charge in [-0.2, -0.15) is 0 Å². The van der Waals surface area contributed by atoms with Crippen molar-refractivity contribution in [2.75, 3.05) is 19.8 Å². The van der Waals surface area contributed by atoms with E-state index >= 15 is 0 Å². The molecule has 0 rings (SSSR count). The van der Waals surface area contributed by atoms with Crippen LogP contribution in [0.1, 0.15) is 33.6 Å². The highest BCUT2D eigenvalue weighted by Crippen LogP contribution is 1.85. The Morgan fingerprint density at radius 1 is 1.36 bits per heavy atom. The Kier molecular flexibility index (Phi) is 16.4. The average Bonchev–Trinajstić information content (AvgIpc) is 2.23. The molecule has 0 saturated heterocycles. The predicted molar refractivity (Wildman–Crippen MR) is 58.2 cm³/mol. The van der Waals surface area contributed by atoms with Crippen LogP contribution in [0, 0.1) is 0 Å². The molecule has 0 N–H and O–H groups in total. The highest BCUT2D eigenvalue weighted by molar-refractivity contribution is 5.68. The average molecular weight is 202 g/mol. The number of carbonyl (C=O) groups is 1. The van der Waals surface area contributed by atoms with Crippen molar-refractivity contribution < 1.29 is 14.3 Å². The summed E-state index contributed by atoms with van der Waals surface area (Å²) in [6.07, 6.45) is 3.13. The minimum Gasteiger partial charge on any atom is -0.466 e. The van der Waals surface area contributed by atoms with E-state index < -0.39 is 0 Å². The van der Waals surface area contributed by atoms with E-state index in [1.807, 2.05) is 13.8 Å². The Labute approximate surface area is 87.1 Å². The molecule has 0 amide bonds. The number of carbonyl (C=O) groups excluding carboxylic acids is 1. The molecule has 84 valence electrons. The molecule has 0 saturated carbocycles. The summed E-state index contributed by atoms with van der Waals surface area (Å²) >= 11 is 0. The van der Waals surface area contributed by atoms with Crippen LogP contribution >= 0.6 is 0 Å². The minimum absolute atomic E-state index is 0.105. The van der Waals surface area contributed by atoms with Crippen LogP contribution in [0.15, 0.2) is 12.7 Å². The largest absolute Gasteiger partial charge is 0.466 e. The van der Waals surface area contributed by atoms with Gasteiger partial charge in [0.1, 0.15) is 0 Å². The molecule has 0 aliphatic heterocycles. The Bertz CT molecular complexity index is 132. The predicted octanol–water partition coefficient (Wildman–Crippen LogP) is 2.56. The standard InChI is InChI=1S/C6H12O2.C5H10O/c1-3-5-8-6(7)4-2;1-3-5-6-4-2/h3-5H2,1-2H3;3H,1,4-5H2,2H3. The van der Waals surface area contributed by atoms with Gasteiger partial charge in [-0.25, -0.2) is 0 Å². The summed E-state index contributed by atoms with van der Waals surface area (Å²) in [5.74, 6) is -0.105. The fourth-order valence-corrected chi connectivity index (χ4v) is 0.519. The molecule has 3 nitrogen and oxygen atoms in total. The molecule has 0 bridgehead atoms. The van der Waals surface area contributed by atoms with Crippen LogP contribution in [0.3, 0.4) is 0 Å². The van der Waals surface area contributed by atoms with Crippen molar-refractivity contribution in [3.63, 3.8) is 0 Å². The lowest BCUT2D eigenvalue weighted by molar-refractivity contribution is -0.143. The highest BCUT2D eigenvalue weighted by Gasteiger charge is 1.93. The second-order valence-electron chi connectivity index (χ2n) is 2.52. The third-order valence-electron chi connectivity index (χ3n) is 1.20. The first-order valence-electron chi connectivity index (χ1n) is 5.07. The number of hydrogen-bond donors (Lipinski definition) is 0. The zero-order chi connectivity index (χ0) is 11.2. The van der Waals surface area contributed by atoms with Crippen LogP contribution < -0.4 is 0 Å². The number of rotatable bonds is 6. The molecule has 0 fully saturated rings. The van der Waals surface area contributed by atoms with Crippen molar-refractivity contribution in [1.29, 1.82) is 0 Å². The maximum atomic E-state index is 10.3. The normalized spacial score (nSPS) is 8.50. The zero-order valence-electron chi connectivity index (χ0n) is 9.54.